The number of nitrogens with zero attached hydrogens (tertiary/aromatic N) is 3. The molecule has 0 bridgehead atoms. The quantitative estimate of drug-likeness (QED) is 0.673. The lowest BCUT2D eigenvalue weighted by atomic mass is 10.0. The van der Waals surface area contributed by atoms with Gasteiger partial charge in [-0.2, -0.15) is 0 Å². The summed E-state index contributed by atoms with van der Waals surface area (Å²) < 4.78 is 13.7. The molecule has 2 amide bonds. The smallest absolute Gasteiger partial charge is 0.313 e. The molecule has 3 rings (SSSR count). The monoisotopic (exact) mass is 441 g/mol. The van der Waals surface area contributed by atoms with E-state index in [2.05, 4.69) is 51.7 Å². The van der Waals surface area contributed by atoms with Crippen molar-refractivity contribution in [1.82, 2.24) is 15.1 Å². The summed E-state index contributed by atoms with van der Waals surface area (Å²) in [6.07, 6.45) is 0. The molecule has 1 atom stereocenters. The number of rotatable bonds is 6. The zero-order chi connectivity index (χ0) is 23.3. The highest BCUT2D eigenvalue weighted by molar-refractivity contribution is 6.39. The van der Waals surface area contributed by atoms with Crippen LogP contribution in [0.15, 0.2) is 42.5 Å². The highest BCUT2D eigenvalue weighted by Gasteiger charge is 2.25. The molecule has 0 saturated carbocycles. The van der Waals surface area contributed by atoms with Gasteiger partial charge >= 0.3 is 11.8 Å². The Hall–Kier alpha value is -2.97. The molecule has 1 aliphatic rings. The van der Waals surface area contributed by atoms with E-state index in [1.807, 2.05) is 19.0 Å². The second-order valence-electron chi connectivity index (χ2n) is 8.47. The highest BCUT2D eigenvalue weighted by Crippen LogP contribution is 2.24. The van der Waals surface area contributed by atoms with Crippen LogP contribution in [0.5, 0.6) is 0 Å². The van der Waals surface area contributed by atoms with Crippen LogP contribution in [0.3, 0.4) is 0 Å². The number of anilines is 2. The van der Waals surface area contributed by atoms with Crippen molar-refractivity contribution in [2.75, 3.05) is 64.1 Å². The van der Waals surface area contributed by atoms with Crippen LogP contribution in [-0.4, -0.2) is 75.5 Å². The number of hydrogen-bond acceptors (Lipinski definition) is 5. The van der Waals surface area contributed by atoms with Crippen LogP contribution < -0.4 is 15.5 Å². The number of halogens is 1. The van der Waals surface area contributed by atoms with Crippen LogP contribution in [0.4, 0.5) is 15.8 Å². The van der Waals surface area contributed by atoms with Crippen molar-refractivity contribution in [1.29, 1.82) is 0 Å². The lowest BCUT2D eigenvalue weighted by Crippen LogP contribution is -2.49. The number of benzene rings is 2. The van der Waals surface area contributed by atoms with E-state index in [0.29, 0.717) is 12.1 Å². The molecule has 1 saturated heterocycles. The first-order chi connectivity index (χ1) is 15.2. The molecule has 1 aliphatic heterocycles. The second-order valence-corrected chi connectivity index (χ2v) is 8.47. The molecule has 0 aliphatic carbocycles. The maximum absolute atomic E-state index is 13.7. The fraction of sp³-hybridized carbons (Fsp3) is 0.417. The number of likely N-dealkylation sites (N-methyl/N-ethyl adjacent to an activating group) is 1. The first-order valence-electron chi connectivity index (χ1n) is 10.8. The summed E-state index contributed by atoms with van der Waals surface area (Å²) in [6, 6.07) is 12.5. The van der Waals surface area contributed by atoms with Gasteiger partial charge in [-0.3, -0.25) is 14.5 Å². The molecule has 7 nitrogen and oxygen atoms in total. The summed E-state index contributed by atoms with van der Waals surface area (Å²) >= 11 is 0. The second kappa shape index (κ2) is 10.6. The van der Waals surface area contributed by atoms with Crippen molar-refractivity contribution in [3.05, 3.63) is 59.4 Å². The van der Waals surface area contributed by atoms with Crippen molar-refractivity contribution < 1.29 is 14.0 Å². The van der Waals surface area contributed by atoms with Crippen LogP contribution in [0, 0.1) is 12.7 Å². The van der Waals surface area contributed by atoms with Crippen LogP contribution in [0.1, 0.15) is 17.2 Å². The average Bonchev–Trinajstić information content (AvgIpc) is 2.77. The van der Waals surface area contributed by atoms with E-state index in [1.165, 1.54) is 6.07 Å². The van der Waals surface area contributed by atoms with Crippen molar-refractivity contribution in [2.45, 2.75) is 13.0 Å². The molecular formula is C24H32FN5O2. The molecule has 8 heteroatoms. The van der Waals surface area contributed by atoms with Gasteiger partial charge in [-0.15, -0.1) is 0 Å². The van der Waals surface area contributed by atoms with Crippen molar-refractivity contribution in [2.24, 2.45) is 0 Å². The molecule has 172 valence electrons. The fourth-order valence-electron chi connectivity index (χ4n) is 3.71. The third-order valence-electron chi connectivity index (χ3n) is 5.86. The largest absolute Gasteiger partial charge is 0.378 e. The summed E-state index contributed by atoms with van der Waals surface area (Å²) in [6.45, 7) is 5.58. The third kappa shape index (κ3) is 6.05. The van der Waals surface area contributed by atoms with E-state index in [4.69, 9.17) is 0 Å². The number of carbonyl (C=O) groups excluding carboxylic acids is 2. The number of amides is 2. The minimum absolute atomic E-state index is 0.0477. The lowest BCUT2D eigenvalue weighted by molar-refractivity contribution is -0.136. The summed E-state index contributed by atoms with van der Waals surface area (Å²) in [5.74, 6) is -1.98. The predicted molar refractivity (Wildman–Crippen MR) is 125 cm³/mol. The van der Waals surface area contributed by atoms with Gasteiger partial charge in [0.25, 0.3) is 0 Å². The Morgan fingerprint density at radius 1 is 1.03 bits per heavy atom. The van der Waals surface area contributed by atoms with Gasteiger partial charge in [0.1, 0.15) is 5.82 Å². The molecule has 2 aromatic carbocycles. The van der Waals surface area contributed by atoms with E-state index in [0.717, 1.165) is 37.4 Å². The fourth-order valence-corrected chi connectivity index (χ4v) is 3.71. The number of piperazine rings is 1. The molecule has 1 fully saturated rings. The van der Waals surface area contributed by atoms with Crippen LogP contribution in [0.25, 0.3) is 0 Å². The summed E-state index contributed by atoms with van der Waals surface area (Å²) in [4.78, 5) is 31.4. The van der Waals surface area contributed by atoms with Crippen LogP contribution in [-0.2, 0) is 9.59 Å². The van der Waals surface area contributed by atoms with Gasteiger partial charge in [0, 0.05) is 58.2 Å². The molecule has 0 aromatic heterocycles. The number of aryl methyl sites for hydroxylation is 1. The number of carbonyl (C=O) groups is 2. The Labute approximate surface area is 189 Å². The van der Waals surface area contributed by atoms with E-state index >= 15 is 0 Å². The van der Waals surface area contributed by atoms with E-state index < -0.39 is 17.6 Å². The summed E-state index contributed by atoms with van der Waals surface area (Å²) in [5, 5.41) is 5.22. The SMILES string of the molecule is Cc1ccc(NC(=O)C(=O)NCC(c2ccc(N(C)C)cc2)N2CCN(C)CC2)cc1F. The highest BCUT2D eigenvalue weighted by atomic mass is 19.1. The Balaban J connectivity index is 1.67. The Bertz CT molecular complexity index is 940. The van der Waals surface area contributed by atoms with E-state index in [-0.39, 0.29) is 11.7 Å². The minimum Gasteiger partial charge on any atom is -0.378 e. The van der Waals surface area contributed by atoms with Crippen LogP contribution >= 0.6 is 0 Å². The van der Waals surface area contributed by atoms with E-state index in [1.54, 1.807) is 19.1 Å². The molecule has 0 radical (unpaired) electrons. The standard InChI is InChI=1S/C24H32FN5O2/c1-17-5-8-19(15-21(17)25)27-24(32)23(31)26-16-22(30-13-11-29(4)12-14-30)18-6-9-20(10-7-18)28(2)3/h5-10,15,22H,11-14,16H2,1-4H3,(H,26,31)(H,27,32). The maximum Gasteiger partial charge on any atom is 0.313 e. The minimum atomic E-state index is -0.812. The molecule has 2 N–H and O–H groups in total. The first kappa shape index (κ1) is 23.7. The Kier molecular flexibility index (Phi) is 7.82. The topological polar surface area (TPSA) is 67.9 Å². The van der Waals surface area contributed by atoms with Crippen LogP contribution in [0.2, 0.25) is 0 Å². The third-order valence-corrected chi connectivity index (χ3v) is 5.86. The number of nitrogens with one attached hydrogen (secondary N) is 2. The molecule has 2 aromatic rings. The predicted octanol–water partition coefficient (Wildman–Crippen LogP) is 2.24. The normalized spacial score (nSPS) is 15.8. The average molecular weight is 442 g/mol. The molecule has 1 unspecified atom stereocenters. The van der Waals surface area contributed by atoms with Gasteiger partial charge < -0.3 is 20.4 Å². The van der Waals surface area contributed by atoms with Crippen molar-refractivity contribution >= 4 is 23.2 Å². The molecule has 0 spiro atoms. The van der Waals surface area contributed by atoms with Crippen molar-refractivity contribution in [3.8, 4) is 0 Å². The van der Waals surface area contributed by atoms with E-state index in [9.17, 15) is 14.0 Å². The lowest BCUT2D eigenvalue weighted by Gasteiger charge is -2.38. The zero-order valence-electron chi connectivity index (χ0n) is 19.2. The van der Waals surface area contributed by atoms with Gasteiger partial charge in [-0.1, -0.05) is 18.2 Å². The first-order valence-corrected chi connectivity index (χ1v) is 10.8. The van der Waals surface area contributed by atoms with Gasteiger partial charge in [-0.25, -0.2) is 4.39 Å². The Morgan fingerprint density at radius 2 is 1.69 bits per heavy atom. The molecular weight excluding hydrogens is 409 g/mol. The maximum atomic E-state index is 13.7. The zero-order valence-corrected chi connectivity index (χ0v) is 19.2. The summed E-state index contributed by atoms with van der Waals surface area (Å²) in [7, 11) is 6.08. The van der Waals surface area contributed by atoms with Gasteiger partial charge in [0.2, 0.25) is 0 Å². The van der Waals surface area contributed by atoms with Crippen molar-refractivity contribution in [3.63, 3.8) is 0 Å². The van der Waals surface area contributed by atoms with Gasteiger partial charge in [0.05, 0.1) is 6.04 Å². The molecule has 32 heavy (non-hydrogen) atoms. The van der Waals surface area contributed by atoms with Gasteiger partial charge in [0.15, 0.2) is 0 Å². The molecule has 1 heterocycles. The number of hydrogen-bond donors (Lipinski definition) is 2. The van der Waals surface area contributed by atoms with Gasteiger partial charge in [-0.05, 0) is 49.4 Å². The Morgan fingerprint density at radius 3 is 2.28 bits per heavy atom. The summed E-state index contributed by atoms with van der Waals surface area (Å²) in [5.41, 5.74) is 2.91.